The van der Waals surface area contributed by atoms with E-state index in [4.69, 9.17) is 5.84 Å². The van der Waals surface area contributed by atoms with Crippen molar-refractivity contribution >= 4 is 0 Å². The van der Waals surface area contributed by atoms with Crippen LogP contribution in [-0.4, -0.2) is 6.04 Å². The number of benzene rings is 2. The third-order valence-corrected chi connectivity index (χ3v) is 4.51. The molecule has 0 amide bonds. The molecule has 0 bridgehead atoms. The lowest BCUT2D eigenvalue weighted by Gasteiger charge is -2.31. The highest BCUT2D eigenvalue weighted by Crippen LogP contribution is 2.28. The molecule has 0 heterocycles. The molecular weight excluding hydrogens is 263 g/mol. The number of nitrogens with two attached hydrogens (primary N) is 1. The molecule has 0 fully saturated rings. The number of hydrazine groups is 1. The third-order valence-electron chi connectivity index (χ3n) is 4.51. The summed E-state index contributed by atoms with van der Waals surface area (Å²) in [5, 5.41) is 0. The maximum Gasteiger partial charge on any atom is 0.123 e. The zero-order valence-corrected chi connectivity index (χ0v) is 12.1. The van der Waals surface area contributed by atoms with Gasteiger partial charge >= 0.3 is 0 Å². The molecule has 2 aromatic carbocycles. The van der Waals surface area contributed by atoms with E-state index in [1.807, 2.05) is 6.07 Å². The predicted molar refractivity (Wildman–Crippen MR) is 83.2 cm³/mol. The average molecular weight is 284 g/mol. The number of rotatable bonds is 4. The standard InChI is InChI=1S/C18H21FN2/c19-17-7-3-4-13(10-17)11-18(21-20)16-9-8-14-5-1-2-6-15(14)12-16/h1-7,10,16,18,21H,8-9,11-12,20H2. The molecule has 2 unspecified atom stereocenters. The van der Waals surface area contributed by atoms with E-state index >= 15 is 0 Å². The van der Waals surface area contributed by atoms with Crippen LogP contribution in [0.15, 0.2) is 48.5 Å². The minimum absolute atomic E-state index is 0.181. The van der Waals surface area contributed by atoms with Gasteiger partial charge in [0.2, 0.25) is 0 Å². The highest BCUT2D eigenvalue weighted by Gasteiger charge is 2.25. The topological polar surface area (TPSA) is 38.0 Å². The Morgan fingerprint density at radius 2 is 1.95 bits per heavy atom. The smallest absolute Gasteiger partial charge is 0.123 e. The van der Waals surface area contributed by atoms with E-state index < -0.39 is 0 Å². The fourth-order valence-corrected chi connectivity index (χ4v) is 3.35. The van der Waals surface area contributed by atoms with Crippen molar-refractivity contribution in [3.63, 3.8) is 0 Å². The fraction of sp³-hybridized carbons (Fsp3) is 0.333. The van der Waals surface area contributed by atoms with Gasteiger partial charge in [0, 0.05) is 6.04 Å². The van der Waals surface area contributed by atoms with E-state index in [1.54, 1.807) is 12.1 Å². The van der Waals surface area contributed by atoms with Gasteiger partial charge < -0.3 is 0 Å². The number of hydrogen-bond acceptors (Lipinski definition) is 2. The Kier molecular flexibility index (Phi) is 4.32. The SMILES string of the molecule is NNC(Cc1cccc(F)c1)C1CCc2ccccc2C1. The number of hydrogen-bond donors (Lipinski definition) is 2. The first-order chi connectivity index (χ1) is 10.3. The van der Waals surface area contributed by atoms with Crippen molar-refractivity contribution < 1.29 is 4.39 Å². The van der Waals surface area contributed by atoms with Gasteiger partial charge in [0.05, 0.1) is 0 Å². The second-order valence-electron chi connectivity index (χ2n) is 5.88. The summed E-state index contributed by atoms with van der Waals surface area (Å²) in [6, 6.07) is 15.6. The minimum atomic E-state index is -0.183. The van der Waals surface area contributed by atoms with Crippen LogP contribution in [0.1, 0.15) is 23.1 Å². The van der Waals surface area contributed by atoms with Crippen molar-refractivity contribution in [3.8, 4) is 0 Å². The first-order valence-electron chi connectivity index (χ1n) is 7.53. The number of fused-ring (bicyclic) bond motifs is 1. The quantitative estimate of drug-likeness (QED) is 0.669. The first kappa shape index (κ1) is 14.2. The molecule has 0 radical (unpaired) electrons. The molecule has 110 valence electrons. The van der Waals surface area contributed by atoms with Crippen LogP contribution in [-0.2, 0) is 19.3 Å². The summed E-state index contributed by atoms with van der Waals surface area (Å²) in [6.07, 6.45) is 4.03. The fourth-order valence-electron chi connectivity index (χ4n) is 3.35. The Labute approximate surface area is 125 Å². The van der Waals surface area contributed by atoms with E-state index in [0.29, 0.717) is 5.92 Å². The second kappa shape index (κ2) is 6.37. The van der Waals surface area contributed by atoms with Crippen molar-refractivity contribution in [3.05, 3.63) is 71.0 Å². The summed E-state index contributed by atoms with van der Waals surface area (Å²) >= 11 is 0. The molecule has 1 aliphatic carbocycles. The van der Waals surface area contributed by atoms with Crippen LogP contribution in [0.4, 0.5) is 4.39 Å². The van der Waals surface area contributed by atoms with Crippen LogP contribution in [0.5, 0.6) is 0 Å². The van der Waals surface area contributed by atoms with E-state index in [1.165, 1.54) is 17.2 Å². The van der Waals surface area contributed by atoms with Crippen LogP contribution in [0.2, 0.25) is 0 Å². The summed E-state index contributed by atoms with van der Waals surface area (Å²) in [5.41, 5.74) is 6.82. The molecule has 2 atom stereocenters. The lowest BCUT2D eigenvalue weighted by Crippen LogP contribution is -2.44. The number of nitrogens with one attached hydrogen (secondary N) is 1. The molecule has 3 rings (SSSR count). The van der Waals surface area contributed by atoms with Crippen LogP contribution < -0.4 is 11.3 Å². The number of halogens is 1. The zero-order valence-electron chi connectivity index (χ0n) is 12.1. The normalized spacial score (nSPS) is 19.0. The molecule has 1 aliphatic rings. The molecule has 0 spiro atoms. The number of aryl methyl sites for hydroxylation is 1. The van der Waals surface area contributed by atoms with Gasteiger partial charge in [0.25, 0.3) is 0 Å². The molecule has 3 N–H and O–H groups in total. The molecule has 0 aliphatic heterocycles. The van der Waals surface area contributed by atoms with Gasteiger partial charge in [0.15, 0.2) is 0 Å². The summed E-state index contributed by atoms with van der Waals surface area (Å²) in [4.78, 5) is 0. The van der Waals surface area contributed by atoms with Crippen LogP contribution in [0.25, 0.3) is 0 Å². The molecule has 3 heteroatoms. The largest absolute Gasteiger partial charge is 0.271 e. The van der Waals surface area contributed by atoms with Gasteiger partial charge in [0.1, 0.15) is 5.82 Å². The second-order valence-corrected chi connectivity index (χ2v) is 5.88. The summed E-state index contributed by atoms with van der Waals surface area (Å²) in [5.74, 6) is 6.08. The van der Waals surface area contributed by atoms with Crippen molar-refractivity contribution in [1.29, 1.82) is 0 Å². The highest BCUT2D eigenvalue weighted by atomic mass is 19.1. The van der Waals surface area contributed by atoms with Gasteiger partial charge in [-0.05, 0) is 60.4 Å². The van der Waals surface area contributed by atoms with E-state index in [9.17, 15) is 4.39 Å². The molecule has 2 nitrogen and oxygen atoms in total. The highest BCUT2D eigenvalue weighted by molar-refractivity contribution is 5.30. The van der Waals surface area contributed by atoms with Crippen molar-refractivity contribution in [2.45, 2.75) is 31.7 Å². The Bertz CT molecular complexity index is 612. The van der Waals surface area contributed by atoms with E-state index in [0.717, 1.165) is 31.2 Å². The first-order valence-corrected chi connectivity index (χ1v) is 7.53. The van der Waals surface area contributed by atoms with Crippen molar-refractivity contribution in [2.24, 2.45) is 11.8 Å². The molecule has 2 aromatic rings. The summed E-state index contributed by atoms with van der Waals surface area (Å²) < 4.78 is 13.3. The third kappa shape index (κ3) is 3.31. The molecular formula is C18H21FN2. The van der Waals surface area contributed by atoms with Gasteiger partial charge in [-0.2, -0.15) is 0 Å². The van der Waals surface area contributed by atoms with Gasteiger partial charge in [-0.3, -0.25) is 11.3 Å². The lowest BCUT2D eigenvalue weighted by molar-refractivity contribution is 0.321. The lowest BCUT2D eigenvalue weighted by atomic mass is 9.78. The average Bonchev–Trinajstić information content (AvgIpc) is 2.52. The monoisotopic (exact) mass is 284 g/mol. The van der Waals surface area contributed by atoms with Crippen molar-refractivity contribution in [1.82, 2.24) is 5.43 Å². The zero-order chi connectivity index (χ0) is 14.7. The van der Waals surface area contributed by atoms with Crippen LogP contribution in [0, 0.1) is 11.7 Å². The summed E-state index contributed by atoms with van der Waals surface area (Å²) in [6.45, 7) is 0. The Hall–Kier alpha value is -1.71. The molecule has 0 aromatic heterocycles. The Morgan fingerprint density at radius 3 is 2.71 bits per heavy atom. The summed E-state index contributed by atoms with van der Waals surface area (Å²) in [7, 11) is 0. The van der Waals surface area contributed by atoms with E-state index in [2.05, 4.69) is 29.7 Å². The predicted octanol–water partition coefficient (Wildman–Crippen LogP) is 3.01. The Balaban J connectivity index is 1.73. The molecule has 21 heavy (non-hydrogen) atoms. The van der Waals surface area contributed by atoms with Gasteiger partial charge in [-0.1, -0.05) is 36.4 Å². The van der Waals surface area contributed by atoms with Crippen LogP contribution >= 0.6 is 0 Å². The van der Waals surface area contributed by atoms with Gasteiger partial charge in [-0.15, -0.1) is 0 Å². The molecule has 0 saturated heterocycles. The maximum atomic E-state index is 13.3. The van der Waals surface area contributed by atoms with Crippen LogP contribution in [0.3, 0.4) is 0 Å². The van der Waals surface area contributed by atoms with Crippen molar-refractivity contribution in [2.75, 3.05) is 0 Å². The van der Waals surface area contributed by atoms with Gasteiger partial charge in [-0.25, -0.2) is 4.39 Å². The molecule has 0 saturated carbocycles. The Morgan fingerprint density at radius 1 is 1.14 bits per heavy atom. The van der Waals surface area contributed by atoms with E-state index in [-0.39, 0.29) is 11.9 Å². The minimum Gasteiger partial charge on any atom is -0.271 e. The maximum absolute atomic E-state index is 13.3.